The molecule has 1 aliphatic rings. The van der Waals surface area contributed by atoms with E-state index in [1.54, 1.807) is 85.5 Å². The average molecular weight is 1180 g/mol. The summed E-state index contributed by atoms with van der Waals surface area (Å²) in [4.78, 5) is 21.3. The van der Waals surface area contributed by atoms with E-state index < -0.39 is 91.1 Å². The van der Waals surface area contributed by atoms with Gasteiger partial charge in [-0.05, 0) is 124 Å². The number of aromatic nitrogens is 2. The fraction of sp³-hybridized carbons (Fsp3) is 0.800. The molecule has 1 aromatic heterocycles. The number of hydrazine groups is 1. The van der Waals surface area contributed by atoms with Crippen molar-refractivity contribution < 1.29 is 62.6 Å². The first-order valence-corrected chi connectivity index (χ1v) is 30.6. The van der Waals surface area contributed by atoms with Crippen LogP contribution in [0.25, 0.3) is 5.69 Å². The smallest absolute Gasteiger partial charge is 0.311 e. The van der Waals surface area contributed by atoms with Gasteiger partial charge in [0.1, 0.15) is 36.7 Å². The number of carbonyl (C=O) groups is 1. The zero-order valence-corrected chi connectivity index (χ0v) is 54.6. The van der Waals surface area contributed by atoms with E-state index in [9.17, 15) is 34.7 Å². The number of imidazole rings is 1. The second-order valence-corrected chi connectivity index (χ2v) is 21.7. The molecule has 1 saturated heterocycles. The average Bonchev–Trinajstić information content (AvgIpc) is 4.01. The van der Waals surface area contributed by atoms with Gasteiger partial charge in [-0.2, -0.15) is 0 Å². The first kappa shape index (κ1) is 80.1. The number of esters is 1. The van der Waals surface area contributed by atoms with E-state index in [1.165, 1.54) is 25.6 Å². The predicted octanol–water partition coefficient (Wildman–Crippen LogP) is 8.41. The second-order valence-electron chi connectivity index (χ2n) is 21.1. The molecule has 0 amide bonds. The fourth-order valence-electron chi connectivity index (χ4n) is 9.22. The third-order valence-corrected chi connectivity index (χ3v) is 15.2. The van der Waals surface area contributed by atoms with E-state index in [4.69, 9.17) is 39.4 Å². The zero-order valence-electron chi connectivity index (χ0n) is 53.8. The largest absolute Gasteiger partial charge is 0.459 e. The molecule has 81 heavy (non-hydrogen) atoms. The Labute approximate surface area is 493 Å². The third-order valence-electron chi connectivity index (χ3n) is 14.8. The Morgan fingerprint density at radius 3 is 2.10 bits per heavy atom. The molecule has 9 N–H and O–H groups in total. The lowest BCUT2D eigenvalue weighted by atomic mass is 9.84. The van der Waals surface area contributed by atoms with Gasteiger partial charge in [0.15, 0.2) is 12.6 Å². The van der Waals surface area contributed by atoms with E-state index in [-0.39, 0.29) is 30.8 Å². The number of rotatable bonds is 32. The standard InChI is InChI=1S/C28H55NO9.C25H41FN6O3S.C3H8.2C2H6/c1-12-21(30)14-16(3)23(38-22-15-27(8,35-11)25(32)19(6)36-22)17(4)26(33)37-20(7)28(34,13-2)24(31)18(5)29(9)10;1-5-6-23(24(33)25(34-3)35-36-4)30(2)13-11-20(27)17-32(28)22(16-26)15-19-7-9-21(10-8-19)31-14-12-29-18-31;1-3-2;2*1-2/h16-25,30-32,34H,12-15H2,1-11H3;7-10,12,14,17-18,22-25,33H,5-6,11,13,15-16,27-28H2,1-4H3;3H2,1-2H3;2*1-2H3/b;20-17-;;;. The van der Waals surface area contributed by atoms with Crippen LogP contribution in [0.5, 0.6) is 0 Å². The first-order chi connectivity index (χ1) is 38.2. The van der Waals surface area contributed by atoms with Gasteiger partial charge < -0.3 is 74.3 Å². The zero-order chi connectivity index (χ0) is 62.8. The summed E-state index contributed by atoms with van der Waals surface area (Å²) in [6, 6.07) is 6.77. The maximum Gasteiger partial charge on any atom is 0.311 e. The van der Waals surface area contributed by atoms with Crippen LogP contribution in [0.2, 0.25) is 0 Å². The third kappa shape index (κ3) is 26.4. The molecule has 2 aromatic rings. The van der Waals surface area contributed by atoms with Crippen LogP contribution in [-0.2, 0) is 39.1 Å². The summed E-state index contributed by atoms with van der Waals surface area (Å²) < 4.78 is 50.1. The highest BCUT2D eigenvalue weighted by molar-refractivity contribution is 7.93. The number of benzene rings is 1. The maximum atomic E-state index is 13.8. The number of halogens is 1. The molecule has 2 heterocycles. The Morgan fingerprint density at radius 1 is 1.04 bits per heavy atom. The SMILES string of the molecule is CC.CC.CCC.CCC(O)CC(C)C(OC1CC(C)(OC)C(O)C(C)O1)C(C)C(=O)OC(C)C(O)(CC)C(O)C(C)N(C)C.CCCC(C(O)C(OC)OSC)N(C)CC/C(N)=C/N(N)C(CF)Cc1ccc(-n2ccnc2)cc1. The van der Waals surface area contributed by atoms with Crippen LogP contribution in [0.3, 0.4) is 0 Å². The number of carbonyl (C=O) groups excluding carboxylic acids is 1. The van der Waals surface area contributed by atoms with Gasteiger partial charge in [0.05, 0.1) is 42.2 Å². The van der Waals surface area contributed by atoms with Gasteiger partial charge in [-0.3, -0.25) is 8.98 Å². The highest BCUT2D eigenvalue weighted by Gasteiger charge is 2.49. The van der Waals surface area contributed by atoms with Crippen molar-refractivity contribution in [2.75, 3.05) is 54.8 Å². The van der Waals surface area contributed by atoms with Crippen LogP contribution in [0, 0.1) is 11.8 Å². The molecule has 0 radical (unpaired) electrons. The van der Waals surface area contributed by atoms with Crippen molar-refractivity contribution in [1.29, 1.82) is 0 Å². The molecule has 1 aliphatic heterocycles. The maximum absolute atomic E-state index is 13.8. The number of nitrogens with two attached hydrogens (primary N) is 2. The lowest BCUT2D eigenvalue weighted by molar-refractivity contribution is -0.296. The second kappa shape index (κ2) is 42.7. The van der Waals surface area contributed by atoms with E-state index >= 15 is 0 Å². The summed E-state index contributed by atoms with van der Waals surface area (Å²) in [5.41, 5.74) is 6.17. The molecule has 3 rings (SSSR count). The highest BCUT2D eigenvalue weighted by atomic mass is 32.2. The molecule has 16 unspecified atom stereocenters. The van der Waals surface area contributed by atoms with Gasteiger partial charge in [0, 0.05) is 81.9 Å². The van der Waals surface area contributed by atoms with Crippen molar-refractivity contribution in [2.24, 2.45) is 23.4 Å². The molecule has 476 valence electrons. The molecule has 1 fully saturated rings. The Kier molecular flexibility index (Phi) is 42.3. The summed E-state index contributed by atoms with van der Waals surface area (Å²) in [6.07, 6.45) is 6.83. The van der Waals surface area contributed by atoms with Crippen molar-refractivity contribution >= 4 is 18.0 Å². The summed E-state index contributed by atoms with van der Waals surface area (Å²) in [7, 11) is 8.58. The molecule has 1 aromatic carbocycles. The Hall–Kier alpha value is -3.00. The molecule has 0 saturated carbocycles. The summed E-state index contributed by atoms with van der Waals surface area (Å²) in [5.74, 6) is 4.56. The van der Waals surface area contributed by atoms with Crippen molar-refractivity contribution in [2.45, 2.75) is 246 Å². The Bertz CT molecular complexity index is 1900. The van der Waals surface area contributed by atoms with Crippen molar-refractivity contribution in [3.63, 3.8) is 0 Å². The summed E-state index contributed by atoms with van der Waals surface area (Å²) in [5, 5.41) is 55.3. The minimum atomic E-state index is -1.65. The van der Waals surface area contributed by atoms with Gasteiger partial charge in [0.2, 0.25) is 0 Å². The van der Waals surface area contributed by atoms with Gasteiger partial charge >= 0.3 is 5.97 Å². The van der Waals surface area contributed by atoms with Gasteiger partial charge in [-0.1, -0.05) is 94.2 Å². The van der Waals surface area contributed by atoms with E-state index in [0.717, 1.165) is 36.1 Å². The number of alkyl halides is 1. The number of hydrogen-bond donors (Lipinski definition) is 7. The topological polar surface area (TPSA) is 253 Å². The molecule has 0 aliphatic carbocycles. The number of likely N-dealkylation sites (N-methyl/N-ethyl adjacent to an activating group) is 2. The Balaban J connectivity index is 0. The lowest BCUT2D eigenvalue weighted by Crippen LogP contribution is -2.59. The fourth-order valence-corrected chi connectivity index (χ4v) is 9.60. The van der Waals surface area contributed by atoms with Gasteiger partial charge in [0.25, 0.3) is 0 Å². The molecule has 0 bridgehead atoms. The highest BCUT2D eigenvalue weighted by Crippen LogP contribution is 2.36. The molecule has 16 atom stereocenters. The minimum Gasteiger partial charge on any atom is -0.459 e. The normalized spacial score (nSPS) is 22.1. The van der Waals surface area contributed by atoms with Crippen molar-refractivity contribution in [3.8, 4) is 5.69 Å². The van der Waals surface area contributed by atoms with Gasteiger partial charge in [-0.25, -0.2) is 15.2 Å². The van der Waals surface area contributed by atoms with Crippen LogP contribution in [0.4, 0.5) is 4.39 Å². The molecular formula is C60H116FN7O12S. The quantitative estimate of drug-likeness (QED) is 0.0119. The van der Waals surface area contributed by atoms with Crippen LogP contribution in [0.15, 0.2) is 54.9 Å². The summed E-state index contributed by atoms with van der Waals surface area (Å²) >= 11 is 1.15. The molecule has 0 spiro atoms. The van der Waals surface area contributed by atoms with Crippen molar-refractivity contribution in [1.82, 2.24) is 24.4 Å². The van der Waals surface area contributed by atoms with Crippen LogP contribution in [0.1, 0.15) is 161 Å². The molecule has 19 nitrogen and oxygen atoms in total. The lowest BCUT2D eigenvalue weighted by Gasteiger charge is -2.46. The number of nitrogens with zero attached hydrogens (tertiary/aromatic N) is 5. The van der Waals surface area contributed by atoms with Gasteiger partial charge in [-0.15, -0.1) is 0 Å². The van der Waals surface area contributed by atoms with Crippen molar-refractivity contribution in [3.05, 3.63) is 60.4 Å². The van der Waals surface area contributed by atoms with Crippen LogP contribution >= 0.6 is 12.0 Å². The molecule has 21 heteroatoms. The van der Waals surface area contributed by atoms with E-state index in [1.807, 2.05) is 88.5 Å². The van der Waals surface area contributed by atoms with E-state index in [2.05, 4.69) is 25.8 Å². The Morgan fingerprint density at radius 2 is 1.63 bits per heavy atom. The number of methoxy groups -OCH3 is 2. The minimum absolute atomic E-state index is 0.169. The number of aliphatic hydroxyl groups excluding tert-OH is 4. The number of hydrogen-bond acceptors (Lipinski definition) is 19. The monoisotopic (exact) mass is 1180 g/mol. The van der Waals surface area contributed by atoms with Crippen LogP contribution < -0.4 is 11.6 Å². The predicted molar refractivity (Wildman–Crippen MR) is 326 cm³/mol. The van der Waals surface area contributed by atoms with Crippen LogP contribution in [-0.4, -0.2) is 195 Å². The number of aliphatic hydroxyl groups is 5. The summed E-state index contributed by atoms with van der Waals surface area (Å²) in [6.45, 7) is 28.4. The van der Waals surface area contributed by atoms with E-state index in [0.29, 0.717) is 37.9 Å². The molecular weight excluding hydrogens is 1060 g/mol. The first-order valence-electron chi connectivity index (χ1n) is 29.5. The number of ether oxygens (including phenoxy) is 5.